The highest BCUT2D eigenvalue weighted by atomic mass is 19.1. The van der Waals surface area contributed by atoms with E-state index in [2.05, 4.69) is 4.90 Å². The Balaban J connectivity index is 1.85. The molecular weight excluding hydrogens is 217 g/mol. The number of carbonyl (C=O) groups excluding carboxylic acids is 1. The summed E-state index contributed by atoms with van der Waals surface area (Å²) in [4.78, 5) is 13.4. The summed E-state index contributed by atoms with van der Waals surface area (Å²) in [5.74, 6) is 0.233. The molecule has 0 aromatic heterocycles. The van der Waals surface area contributed by atoms with Gasteiger partial charge in [-0.25, -0.2) is 4.39 Å². The first-order chi connectivity index (χ1) is 8.15. The van der Waals surface area contributed by atoms with E-state index < -0.39 is 0 Å². The molecule has 0 radical (unpaired) electrons. The second kappa shape index (κ2) is 5.41. The maximum absolute atomic E-state index is 13.1. The van der Waals surface area contributed by atoms with Crippen LogP contribution in [0.1, 0.15) is 24.0 Å². The molecule has 17 heavy (non-hydrogen) atoms. The normalized spacial score (nSPS) is 17.4. The van der Waals surface area contributed by atoms with Gasteiger partial charge >= 0.3 is 0 Å². The Bertz CT molecular complexity index is 407. The molecule has 0 atom stereocenters. The monoisotopic (exact) mass is 235 g/mol. The summed E-state index contributed by atoms with van der Waals surface area (Å²) in [6, 6.07) is 5.28. The Morgan fingerprint density at radius 3 is 2.65 bits per heavy atom. The molecule has 2 nitrogen and oxygen atoms in total. The van der Waals surface area contributed by atoms with Crippen molar-refractivity contribution in [3.8, 4) is 0 Å². The van der Waals surface area contributed by atoms with E-state index in [-0.39, 0.29) is 5.82 Å². The minimum absolute atomic E-state index is 0.141. The molecule has 0 aliphatic carbocycles. The van der Waals surface area contributed by atoms with Crippen molar-refractivity contribution in [1.82, 2.24) is 4.90 Å². The summed E-state index contributed by atoms with van der Waals surface area (Å²) in [6.07, 6.45) is 2.29. The van der Waals surface area contributed by atoms with E-state index in [4.69, 9.17) is 0 Å². The predicted molar refractivity (Wildman–Crippen MR) is 65.5 cm³/mol. The number of ketones is 1. The van der Waals surface area contributed by atoms with Gasteiger partial charge < -0.3 is 4.90 Å². The number of hydrogen-bond acceptors (Lipinski definition) is 2. The Morgan fingerprint density at radius 2 is 2.00 bits per heavy atom. The van der Waals surface area contributed by atoms with Crippen molar-refractivity contribution in [2.24, 2.45) is 0 Å². The molecule has 0 bridgehead atoms. The van der Waals surface area contributed by atoms with Crippen LogP contribution in [-0.4, -0.2) is 30.3 Å². The maximum Gasteiger partial charge on any atom is 0.135 e. The van der Waals surface area contributed by atoms with Gasteiger partial charge in [-0.1, -0.05) is 12.1 Å². The van der Waals surface area contributed by atoms with Crippen LogP contribution in [0, 0.1) is 12.7 Å². The maximum atomic E-state index is 13.1. The topological polar surface area (TPSA) is 20.3 Å². The molecule has 92 valence electrons. The van der Waals surface area contributed by atoms with Crippen LogP contribution in [0.25, 0.3) is 0 Å². The summed E-state index contributed by atoms with van der Waals surface area (Å²) in [5.41, 5.74) is 1.87. The summed E-state index contributed by atoms with van der Waals surface area (Å²) in [6.45, 7) is 4.49. The number of nitrogens with zero attached hydrogens (tertiary/aromatic N) is 1. The molecule has 2 rings (SSSR count). The third-order valence-electron chi connectivity index (χ3n) is 3.35. The highest BCUT2D eigenvalue weighted by Crippen LogP contribution is 2.11. The zero-order chi connectivity index (χ0) is 12.3. The molecule has 1 aromatic carbocycles. The molecular formula is C14H18FNO. The quantitative estimate of drug-likeness (QED) is 0.801. The fourth-order valence-corrected chi connectivity index (χ4v) is 2.18. The number of rotatable bonds is 3. The van der Waals surface area contributed by atoms with Crippen LogP contribution >= 0.6 is 0 Å². The van der Waals surface area contributed by atoms with Gasteiger partial charge in [0.25, 0.3) is 0 Å². The third kappa shape index (κ3) is 3.37. The summed E-state index contributed by atoms with van der Waals surface area (Å²) in [5, 5.41) is 0. The van der Waals surface area contributed by atoms with Crippen molar-refractivity contribution in [2.75, 3.05) is 19.6 Å². The number of carbonyl (C=O) groups is 1. The van der Waals surface area contributed by atoms with Gasteiger partial charge in [-0.15, -0.1) is 0 Å². The smallest absolute Gasteiger partial charge is 0.135 e. The Labute approximate surface area is 101 Å². The van der Waals surface area contributed by atoms with Crippen molar-refractivity contribution in [2.45, 2.75) is 26.2 Å². The lowest BCUT2D eigenvalue weighted by Gasteiger charge is -2.25. The Morgan fingerprint density at radius 1 is 1.29 bits per heavy atom. The Kier molecular flexibility index (Phi) is 3.89. The van der Waals surface area contributed by atoms with Crippen molar-refractivity contribution in [3.63, 3.8) is 0 Å². The van der Waals surface area contributed by atoms with Gasteiger partial charge in [0.05, 0.1) is 0 Å². The SMILES string of the molecule is Cc1cc(CCN2CCC(=O)CC2)ccc1F. The third-order valence-corrected chi connectivity index (χ3v) is 3.35. The standard InChI is InChI=1S/C14H18FNO/c1-11-10-12(2-3-14(11)15)4-7-16-8-5-13(17)6-9-16/h2-3,10H,4-9H2,1H3. The van der Waals surface area contributed by atoms with Crippen LogP contribution in [-0.2, 0) is 11.2 Å². The van der Waals surface area contributed by atoms with Gasteiger partial charge in [0.15, 0.2) is 0 Å². The number of piperidine rings is 1. The van der Waals surface area contributed by atoms with E-state index in [9.17, 15) is 9.18 Å². The molecule has 1 aliphatic heterocycles. The average molecular weight is 235 g/mol. The zero-order valence-corrected chi connectivity index (χ0v) is 10.2. The molecule has 1 fully saturated rings. The van der Waals surface area contributed by atoms with Gasteiger partial charge in [-0.2, -0.15) is 0 Å². The van der Waals surface area contributed by atoms with E-state index >= 15 is 0 Å². The predicted octanol–water partition coefficient (Wildman–Crippen LogP) is 2.34. The molecule has 3 heteroatoms. The van der Waals surface area contributed by atoms with Crippen LogP contribution in [0.5, 0.6) is 0 Å². The minimum atomic E-state index is -0.141. The molecule has 1 heterocycles. The molecule has 0 spiro atoms. The van der Waals surface area contributed by atoms with Gasteiger partial charge in [0.1, 0.15) is 11.6 Å². The number of halogens is 1. The molecule has 1 aromatic rings. The molecule has 1 saturated heterocycles. The fraction of sp³-hybridized carbons (Fsp3) is 0.500. The number of Topliss-reactive ketones (excluding diaryl/α,β-unsaturated/α-hetero) is 1. The fourth-order valence-electron chi connectivity index (χ4n) is 2.18. The van der Waals surface area contributed by atoms with Crippen molar-refractivity contribution in [3.05, 3.63) is 35.1 Å². The number of benzene rings is 1. The first-order valence-corrected chi connectivity index (χ1v) is 6.14. The first kappa shape index (κ1) is 12.2. The minimum Gasteiger partial charge on any atom is -0.302 e. The lowest BCUT2D eigenvalue weighted by molar-refractivity contribution is -0.121. The van der Waals surface area contributed by atoms with Crippen molar-refractivity contribution < 1.29 is 9.18 Å². The van der Waals surface area contributed by atoms with E-state index in [1.54, 1.807) is 6.92 Å². The van der Waals surface area contributed by atoms with Gasteiger partial charge in [-0.05, 0) is 30.5 Å². The first-order valence-electron chi connectivity index (χ1n) is 6.14. The van der Waals surface area contributed by atoms with Crippen LogP contribution in [0.15, 0.2) is 18.2 Å². The summed E-state index contributed by atoms with van der Waals surface area (Å²) in [7, 11) is 0. The number of aryl methyl sites for hydroxylation is 1. The highest BCUT2D eigenvalue weighted by molar-refractivity contribution is 5.79. The molecule has 0 amide bonds. The summed E-state index contributed by atoms with van der Waals surface area (Å²) < 4.78 is 13.1. The van der Waals surface area contributed by atoms with Gasteiger partial charge in [0, 0.05) is 32.5 Å². The second-order valence-electron chi connectivity index (χ2n) is 4.71. The number of hydrogen-bond donors (Lipinski definition) is 0. The van der Waals surface area contributed by atoms with E-state index in [1.807, 2.05) is 12.1 Å². The van der Waals surface area contributed by atoms with Crippen molar-refractivity contribution >= 4 is 5.78 Å². The number of likely N-dealkylation sites (tertiary alicyclic amines) is 1. The zero-order valence-electron chi connectivity index (χ0n) is 10.2. The molecule has 0 unspecified atom stereocenters. The van der Waals surface area contributed by atoms with Crippen LogP contribution < -0.4 is 0 Å². The lowest BCUT2D eigenvalue weighted by atomic mass is 10.1. The van der Waals surface area contributed by atoms with Crippen LogP contribution in [0.3, 0.4) is 0 Å². The Hall–Kier alpha value is -1.22. The van der Waals surface area contributed by atoms with Gasteiger partial charge in [-0.3, -0.25) is 4.79 Å². The molecule has 0 saturated carbocycles. The van der Waals surface area contributed by atoms with Gasteiger partial charge in [0.2, 0.25) is 0 Å². The molecule has 1 aliphatic rings. The largest absolute Gasteiger partial charge is 0.302 e. The van der Waals surface area contributed by atoms with E-state index in [0.717, 1.165) is 26.1 Å². The van der Waals surface area contributed by atoms with Crippen molar-refractivity contribution in [1.29, 1.82) is 0 Å². The lowest BCUT2D eigenvalue weighted by Crippen LogP contribution is -2.35. The van der Waals surface area contributed by atoms with E-state index in [1.165, 1.54) is 11.6 Å². The van der Waals surface area contributed by atoms with E-state index in [0.29, 0.717) is 24.2 Å². The molecule has 0 N–H and O–H groups in total. The van der Waals surface area contributed by atoms with Crippen LogP contribution in [0.2, 0.25) is 0 Å². The second-order valence-corrected chi connectivity index (χ2v) is 4.71. The van der Waals surface area contributed by atoms with Crippen LogP contribution in [0.4, 0.5) is 4.39 Å². The summed E-state index contributed by atoms with van der Waals surface area (Å²) >= 11 is 0. The average Bonchev–Trinajstić information content (AvgIpc) is 2.33. The highest BCUT2D eigenvalue weighted by Gasteiger charge is 2.15.